The Kier molecular flexibility index (Phi) is 6.84. The first-order valence-electron chi connectivity index (χ1n) is 8.22. The normalized spacial score (nSPS) is 21.0. The molecule has 2 rings (SSSR count). The van der Waals surface area contributed by atoms with Gasteiger partial charge in [-0.1, -0.05) is 29.8 Å². The highest BCUT2D eigenvalue weighted by molar-refractivity contribution is 8.07. The van der Waals surface area contributed by atoms with Crippen LogP contribution in [0.4, 0.5) is 0 Å². The zero-order chi connectivity index (χ0) is 15.1. The van der Waals surface area contributed by atoms with E-state index in [2.05, 4.69) is 30.1 Å². The second-order valence-electron chi connectivity index (χ2n) is 6.08. The van der Waals surface area contributed by atoms with Crippen molar-refractivity contribution in [2.75, 3.05) is 26.2 Å². The van der Waals surface area contributed by atoms with Crippen LogP contribution in [0.15, 0.2) is 21.5 Å². The lowest BCUT2D eigenvalue weighted by Gasteiger charge is -2.26. The lowest BCUT2D eigenvalue weighted by molar-refractivity contribution is -0.116. The van der Waals surface area contributed by atoms with Gasteiger partial charge in [0.2, 0.25) is 0 Å². The summed E-state index contributed by atoms with van der Waals surface area (Å²) in [5, 5.41) is 3.10. The Morgan fingerprint density at radius 3 is 2.81 bits per heavy atom. The van der Waals surface area contributed by atoms with E-state index < -0.39 is 0 Å². The molecule has 1 N–H and O–H groups in total. The molecule has 0 aromatic carbocycles. The van der Waals surface area contributed by atoms with Crippen LogP contribution in [0.1, 0.15) is 52.4 Å². The molecule has 1 fully saturated rings. The van der Waals surface area contributed by atoms with Gasteiger partial charge in [-0.05, 0) is 70.5 Å². The molecular formula is C17H28N2OS. The van der Waals surface area contributed by atoms with Crippen molar-refractivity contribution in [2.45, 2.75) is 52.4 Å². The van der Waals surface area contributed by atoms with Gasteiger partial charge in [0.25, 0.3) is 5.91 Å². The zero-order valence-corrected chi connectivity index (χ0v) is 14.2. The molecule has 0 spiro atoms. The molecule has 0 unspecified atom stereocenters. The van der Waals surface area contributed by atoms with Crippen LogP contribution in [-0.4, -0.2) is 37.0 Å². The van der Waals surface area contributed by atoms with Gasteiger partial charge in [-0.25, -0.2) is 0 Å². The predicted molar refractivity (Wildman–Crippen MR) is 91.2 cm³/mol. The number of nitrogens with zero attached hydrogens (tertiary/aromatic N) is 1. The molecule has 0 bridgehead atoms. The van der Waals surface area contributed by atoms with Gasteiger partial charge in [-0.15, -0.1) is 0 Å². The van der Waals surface area contributed by atoms with Crippen LogP contribution in [0.25, 0.3) is 0 Å². The molecule has 0 saturated carbocycles. The van der Waals surface area contributed by atoms with Gasteiger partial charge >= 0.3 is 0 Å². The van der Waals surface area contributed by atoms with Crippen LogP contribution in [-0.2, 0) is 4.79 Å². The lowest BCUT2D eigenvalue weighted by atomic mass is 10.1. The third-order valence-corrected chi connectivity index (χ3v) is 5.42. The summed E-state index contributed by atoms with van der Waals surface area (Å²) in [6.45, 7) is 8.55. The highest BCUT2D eigenvalue weighted by atomic mass is 32.2. The molecule has 2 aliphatic rings. The number of piperidine rings is 1. The highest BCUT2D eigenvalue weighted by Gasteiger charge is 2.16. The number of allylic oxidation sites excluding steroid dienone is 3. The summed E-state index contributed by atoms with van der Waals surface area (Å²) in [6, 6.07) is 0. The van der Waals surface area contributed by atoms with E-state index in [1.165, 1.54) is 42.8 Å². The molecular weight excluding hydrogens is 280 g/mol. The molecule has 21 heavy (non-hydrogen) atoms. The van der Waals surface area contributed by atoms with Crippen molar-refractivity contribution in [3.8, 4) is 0 Å². The first-order valence-corrected chi connectivity index (χ1v) is 9.03. The quantitative estimate of drug-likeness (QED) is 0.786. The topological polar surface area (TPSA) is 32.3 Å². The van der Waals surface area contributed by atoms with Gasteiger partial charge < -0.3 is 10.2 Å². The first-order chi connectivity index (χ1) is 10.2. The molecule has 0 aromatic heterocycles. The average Bonchev–Trinajstić information content (AvgIpc) is 2.66. The summed E-state index contributed by atoms with van der Waals surface area (Å²) >= 11 is 1.63. The lowest BCUT2D eigenvalue weighted by Crippen LogP contribution is -2.33. The van der Waals surface area contributed by atoms with Gasteiger partial charge in [-0.3, -0.25) is 4.79 Å². The Balaban J connectivity index is 1.72. The van der Waals surface area contributed by atoms with Crippen LogP contribution in [0, 0.1) is 0 Å². The Morgan fingerprint density at radius 1 is 1.29 bits per heavy atom. The van der Waals surface area contributed by atoms with Crippen molar-refractivity contribution < 1.29 is 4.79 Å². The summed E-state index contributed by atoms with van der Waals surface area (Å²) in [4.78, 5) is 17.0. The summed E-state index contributed by atoms with van der Waals surface area (Å²) in [5.41, 5.74) is 1.22. The van der Waals surface area contributed by atoms with Gasteiger partial charge in [0.05, 0.1) is 4.91 Å². The molecule has 1 saturated heterocycles. The van der Waals surface area contributed by atoms with Gasteiger partial charge in [0.1, 0.15) is 0 Å². The van der Waals surface area contributed by atoms with E-state index in [9.17, 15) is 4.79 Å². The molecule has 118 valence electrons. The maximum Gasteiger partial charge on any atom is 0.257 e. The zero-order valence-electron chi connectivity index (χ0n) is 13.4. The first kappa shape index (κ1) is 16.6. The molecule has 3 nitrogen and oxygen atoms in total. The summed E-state index contributed by atoms with van der Waals surface area (Å²) in [7, 11) is 0. The van der Waals surface area contributed by atoms with E-state index in [4.69, 9.17) is 0 Å². The Bertz CT molecular complexity index is 423. The fourth-order valence-electron chi connectivity index (χ4n) is 2.90. The van der Waals surface area contributed by atoms with Crippen LogP contribution >= 0.6 is 11.8 Å². The van der Waals surface area contributed by atoms with Crippen molar-refractivity contribution >= 4 is 17.7 Å². The number of hydrogen-bond donors (Lipinski definition) is 1. The summed E-state index contributed by atoms with van der Waals surface area (Å²) < 4.78 is 0. The standard InChI is InChI=1S/C17H28N2OS/c1-14-8-6-9-15(2)21-16(14)17(20)18-10-7-13-19-11-4-3-5-12-19/h9H,3-8,10-13H2,1-2H3,(H,18,20). The maximum atomic E-state index is 12.3. The van der Waals surface area contributed by atoms with Crippen molar-refractivity contribution in [1.82, 2.24) is 10.2 Å². The number of amides is 1. The maximum absolute atomic E-state index is 12.3. The fourth-order valence-corrected chi connectivity index (χ4v) is 3.87. The number of nitrogens with one attached hydrogen (secondary N) is 1. The summed E-state index contributed by atoms with van der Waals surface area (Å²) in [5.74, 6) is 0.116. The smallest absolute Gasteiger partial charge is 0.257 e. The van der Waals surface area contributed by atoms with Crippen LogP contribution in [0.3, 0.4) is 0 Å². The van der Waals surface area contributed by atoms with Crippen LogP contribution in [0.5, 0.6) is 0 Å². The number of carbonyl (C=O) groups is 1. The van der Waals surface area contributed by atoms with Gasteiger partial charge in [0, 0.05) is 6.54 Å². The molecule has 1 amide bonds. The highest BCUT2D eigenvalue weighted by Crippen LogP contribution is 2.32. The minimum Gasteiger partial charge on any atom is -0.352 e. The van der Waals surface area contributed by atoms with E-state index >= 15 is 0 Å². The third-order valence-electron chi connectivity index (χ3n) is 4.19. The fraction of sp³-hybridized carbons (Fsp3) is 0.706. The van der Waals surface area contributed by atoms with Crippen molar-refractivity contribution in [3.05, 3.63) is 21.5 Å². The van der Waals surface area contributed by atoms with Crippen molar-refractivity contribution in [2.24, 2.45) is 0 Å². The molecule has 4 heteroatoms. The predicted octanol–water partition coefficient (Wildman–Crippen LogP) is 3.68. The van der Waals surface area contributed by atoms with E-state index in [0.717, 1.165) is 37.3 Å². The third kappa shape index (κ3) is 5.51. The SMILES string of the molecule is CC1=CCCC(C)=C(C(=O)NCCCN2CCCCC2)S1. The van der Waals surface area contributed by atoms with E-state index in [-0.39, 0.29) is 5.91 Å². The van der Waals surface area contributed by atoms with Crippen molar-refractivity contribution in [1.29, 1.82) is 0 Å². The second kappa shape index (κ2) is 8.64. The summed E-state index contributed by atoms with van der Waals surface area (Å²) in [6.07, 6.45) is 9.38. The minimum atomic E-state index is 0.116. The van der Waals surface area contributed by atoms with Gasteiger partial charge in [0.15, 0.2) is 0 Å². The van der Waals surface area contributed by atoms with E-state index in [1.54, 1.807) is 11.8 Å². The van der Waals surface area contributed by atoms with E-state index in [1.807, 2.05) is 0 Å². The van der Waals surface area contributed by atoms with Crippen LogP contribution < -0.4 is 5.32 Å². The number of carbonyl (C=O) groups excluding carboxylic acids is 1. The van der Waals surface area contributed by atoms with Gasteiger partial charge in [-0.2, -0.15) is 0 Å². The monoisotopic (exact) mass is 308 g/mol. The van der Waals surface area contributed by atoms with Crippen LogP contribution in [0.2, 0.25) is 0 Å². The minimum absolute atomic E-state index is 0.116. The number of rotatable bonds is 5. The molecule has 2 aliphatic heterocycles. The Hall–Kier alpha value is -0.740. The molecule has 0 aliphatic carbocycles. The molecule has 2 heterocycles. The molecule has 0 radical (unpaired) electrons. The molecule has 0 aromatic rings. The largest absolute Gasteiger partial charge is 0.352 e. The Labute approximate surface area is 133 Å². The number of thioether (sulfide) groups is 1. The number of likely N-dealkylation sites (tertiary alicyclic amines) is 1. The molecule has 0 atom stereocenters. The average molecular weight is 308 g/mol. The number of hydrogen-bond acceptors (Lipinski definition) is 3. The van der Waals surface area contributed by atoms with Crippen molar-refractivity contribution in [3.63, 3.8) is 0 Å². The Morgan fingerprint density at radius 2 is 2.05 bits per heavy atom. The second-order valence-corrected chi connectivity index (χ2v) is 7.33. The van der Waals surface area contributed by atoms with E-state index in [0.29, 0.717) is 0 Å².